The van der Waals surface area contributed by atoms with E-state index in [-0.39, 0.29) is 18.3 Å². The van der Waals surface area contributed by atoms with Crippen LogP contribution in [0.1, 0.15) is 16.2 Å². The Morgan fingerprint density at radius 3 is 2.68 bits per heavy atom. The number of hydrogen-bond acceptors (Lipinski definition) is 5. The Hall–Kier alpha value is -4.33. The van der Waals surface area contributed by atoms with Crippen LogP contribution in [0.25, 0.3) is 28.4 Å². The average molecular weight is 413 g/mol. The highest BCUT2D eigenvalue weighted by molar-refractivity contribution is 6.00. The Morgan fingerprint density at radius 2 is 1.81 bits per heavy atom. The van der Waals surface area contributed by atoms with Gasteiger partial charge in [-0.2, -0.15) is 0 Å². The minimum absolute atomic E-state index is 0.213. The summed E-state index contributed by atoms with van der Waals surface area (Å²) in [5.74, 6) is 0.796. The van der Waals surface area contributed by atoms with Gasteiger partial charge in [0, 0.05) is 17.3 Å². The zero-order chi connectivity index (χ0) is 21.2. The Morgan fingerprint density at radius 1 is 1.00 bits per heavy atom. The number of pyridine rings is 1. The Kier molecular flexibility index (Phi) is 4.72. The number of fused-ring (bicyclic) bond motifs is 1. The smallest absolute Gasteiger partial charge is 0.252 e. The number of carbonyl (C=O) groups is 1. The third-order valence-electron chi connectivity index (χ3n) is 4.83. The van der Waals surface area contributed by atoms with E-state index in [4.69, 9.17) is 4.42 Å². The van der Waals surface area contributed by atoms with E-state index in [1.54, 1.807) is 42.6 Å². The Balaban J connectivity index is 1.39. The molecule has 0 bridgehead atoms. The van der Waals surface area contributed by atoms with E-state index in [1.807, 2.05) is 28.8 Å². The monoisotopic (exact) mass is 413 g/mol. The van der Waals surface area contributed by atoms with Crippen molar-refractivity contribution in [1.29, 1.82) is 0 Å². The van der Waals surface area contributed by atoms with Crippen LogP contribution in [0.5, 0.6) is 0 Å². The summed E-state index contributed by atoms with van der Waals surface area (Å²) in [6, 6.07) is 18.6. The van der Waals surface area contributed by atoms with Gasteiger partial charge in [0.2, 0.25) is 5.89 Å². The van der Waals surface area contributed by atoms with Gasteiger partial charge >= 0.3 is 0 Å². The second-order valence-corrected chi connectivity index (χ2v) is 6.81. The first-order chi connectivity index (χ1) is 15.2. The number of carbonyl (C=O) groups excluding carboxylic acids is 1. The van der Waals surface area contributed by atoms with Crippen LogP contribution in [-0.4, -0.2) is 25.5 Å². The van der Waals surface area contributed by atoms with Gasteiger partial charge in [0.05, 0.1) is 18.3 Å². The molecule has 8 heteroatoms. The largest absolute Gasteiger partial charge is 0.436 e. The number of nitrogens with one attached hydrogen (secondary N) is 1. The Labute approximate surface area is 176 Å². The van der Waals surface area contributed by atoms with Gasteiger partial charge in [0.1, 0.15) is 5.82 Å². The van der Waals surface area contributed by atoms with Gasteiger partial charge in [-0.15, -0.1) is 10.2 Å². The summed E-state index contributed by atoms with van der Waals surface area (Å²) in [7, 11) is 0. The summed E-state index contributed by atoms with van der Waals surface area (Å²) in [6.45, 7) is 0.213. The molecule has 7 nitrogen and oxygen atoms in total. The molecule has 0 fully saturated rings. The summed E-state index contributed by atoms with van der Waals surface area (Å²) in [5, 5.41) is 11.1. The number of oxazole rings is 1. The molecule has 0 aliphatic carbocycles. The molecule has 0 unspecified atom stereocenters. The fraction of sp³-hybridized carbons (Fsp3) is 0.0435. The topological polar surface area (TPSA) is 85.3 Å². The molecule has 2 aromatic carbocycles. The number of amides is 1. The van der Waals surface area contributed by atoms with Crippen LogP contribution in [0.2, 0.25) is 0 Å². The molecule has 0 spiro atoms. The highest BCUT2D eigenvalue weighted by atomic mass is 19.1. The van der Waals surface area contributed by atoms with E-state index in [9.17, 15) is 9.18 Å². The predicted molar refractivity (Wildman–Crippen MR) is 111 cm³/mol. The molecule has 1 amide bonds. The number of benzene rings is 2. The van der Waals surface area contributed by atoms with Crippen LogP contribution < -0.4 is 5.32 Å². The number of aromatic nitrogens is 4. The van der Waals surface area contributed by atoms with E-state index in [0.717, 1.165) is 0 Å². The predicted octanol–water partition coefficient (Wildman–Crippen LogP) is 4.12. The third-order valence-corrected chi connectivity index (χ3v) is 4.83. The summed E-state index contributed by atoms with van der Waals surface area (Å²) < 4.78 is 20.8. The molecule has 0 aliphatic rings. The van der Waals surface area contributed by atoms with Gasteiger partial charge in [-0.25, -0.2) is 9.37 Å². The van der Waals surface area contributed by atoms with E-state index >= 15 is 0 Å². The van der Waals surface area contributed by atoms with E-state index in [1.165, 1.54) is 12.1 Å². The molecular formula is C23H16FN5O2. The van der Waals surface area contributed by atoms with Crippen molar-refractivity contribution in [2.45, 2.75) is 6.54 Å². The highest BCUT2D eigenvalue weighted by Gasteiger charge is 2.17. The number of hydrogen-bond donors (Lipinski definition) is 1. The summed E-state index contributed by atoms with van der Waals surface area (Å²) in [4.78, 5) is 17.2. The van der Waals surface area contributed by atoms with Gasteiger partial charge in [-0.1, -0.05) is 18.2 Å². The highest BCUT2D eigenvalue weighted by Crippen LogP contribution is 2.28. The molecule has 0 radical (unpaired) electrons. The minimum atomic E-state index is -0.328. The SMILES string of the molecule is O=C(NCc1nnc2ccccn12)c1ccccc1-c1ncc(-c2ccc(F)cc2)o1. The van der Waals surface area contributed by atoms with E-state index in [2.05, 4.69) is 20.5 Å². The van der Waals surface area contributed by atoms with Crippen LogP contribution in [0, 0.1) is 5.82 Å². The average Bonchev–Trinajstić information content (AvgIpc) is 3.46. The molecule has 0 saturated heterocycles. The molecule has 0 saturated carbocycles. The maximum absolute atomic E-state index is 13.2. The van der Waals surface area contributed by atoms with Crippen LogP contribution in [-0.2, 0) is 6.54 Å². The molecule has 0 aliphatic heterocycles. The normalized spacial score (nSPS) is 11.0. The first-order valence-electron chi connectivity index (χ1n) is 9.57. The zero-order valence-electron chi connectivity index (χ0n) is 16.2. The van der Waals surface area contributed by atoms with Crippen LogP contribution in [0.3, 0.4) is 0 Å². The maximum Gasteiger partial charge on any atom is 0.252 e. The van der Waals surface area contributed by atoms with Crippen molar-refractivity contribution in [3.63, 3.8) is 0 Å². The van der Waals surface area contributed by atoms with Gasteiger partial charge in [0.25, 0.3) is 5.91 Å². The molecule has 31 heavy (non-hydrogen) atoms. The van der Waals surface area contributed by atoms with Crippen LogP contribution >= 0.6 is 0 Å². The number of rotatable bonds is 5. The molecule has 152 valence electrons. The van der Waals surface area contributed by atoms with Crippen molar-refractivity contribution in [2.75, 3.05) is 0 Å². The first kappa shape index (κ1) is 18.7. The van der Waals surface area contributed by atoms with Crippen LogP contribution in [0.4, 0.5) is 4.39 Å². The molecule has 1 N–H and O–H groups in total. The van der Waals surface area contributed by atoms with Crippen molar-refractivity contribution >= 4 is 11.6 Å². The van der Waals surface area contributed by atoms with Crippen molar-refractivity contribution in [3.8, 4) is 22.8 Å². The summed E-state index contributed by atoms with van der Waals surface area (Å²) in [5.41, 5.74) is 2.38. The van der Waals surface area contributed by atoms with E-state index in [0.29, 0.717) is 39.8 Å². The Bertz CT molecular complexity index is 1370. The quantitative estimate of drug-likeness (QED) is 0.469. The van der Waals surface area contributed by atoms with Crippen molar-refractivity contribution in [1.82, 2.24) is 24.9 Å². The van der Waals surface area contributed by atoms with Crippen molar-refractivity contribution in [2.24, 2.45) is 0 Å². The van der Waals surface area contributed by atoms with E-state index < -0.39 is 0 Å². The standard InChI is InChI=1S/C23H16FN5O2/c24-16-10-8-15(9-11-16)19-13-26-23(31-19)18-6-2-1-5-17(18)22(30)25-14-21-28-27-20-7-3-4-12-29(20)21/h1-13H,14H2,(H,25,30). The first-order valence-corrected chi connectivity index (χ1v) is 9.57. The minimum Gasteiger partial charge on any atom is -0.436 e. The zero-order valence-corrected chi connectivity index (χ0v) is 16.2. The lowest BCUT2D eigenvalue weighted by Gasteiger charge is -2.07. The molecule has 5 rings (SSSR count). The fourth-order valence-corrected chi connectivity index (χ4v) is 3.28. The van der Waals surface area contributed by atoms with Crippen molar-refractivity contribution in [3.05, 3.63) is 96.3 Å². The lowest BCUT2D eigenvalue weighted by Crippen LogP contribution is -2.24. The third kappa shape index (κ3) is 3.66. The summed E-state index contributed by atoms with van der Waals surface area (Å²) in [6.07, 6.45) is 3.40. The molecular weight excluding hydrogens is 397 g/mol. The lowest BCUT2D eigenvalue weighted by molar-refractivity contribution is 0.0950. The second kappa shape index (κ2) is 7.83. The molecule has 3 heterocycles. The van der Waals surface area contributed by atoms with Gasteiger partial charge in [0.15, 0.2) is 17.2 Å². The number of halogens is 1. The second-order valence-electron chi connectivity index (χ2n) is 6.81. The van der Waals surface area contributed by atoms with Gasteiger partial charge in [-0.05, 0) is 48.5 Å². The van der Waals surface area contributed by atoms with Crippen LogP contribution in [0.15, 0.2) is 83.5 Å². The van der Waals surface area contributed by atoms with Gasteiger partial charge in [-0.3, -0.25) is 9.20 Å². The summed E-state index contributed by atoms with van der Waals surface area (Å²) >= 11 is 0. The molecule has 0 atom stereocenters. The number of nitrogens with zero attached hydrogens (tertiary/aromatic N) is 4. The maximum atomic E-state index is 13.2. The van der Waals surface area contributed by atoms with Crippen molar-refractivity contribution < 1.29 is 13.6 Å². The molecule has 5 aromatic rings. The fourth-order valence-electron chi connectivity index (χ4n) is 3.28. The van der Waals surface area contributed by atoms with Gasteiger partial charge < -0.3 is 9.73 Å². The molecule has 3 aromatic heterocycles. The lowest BCUT2D eigenvalue weighted by atomic mass is 10.1.